The first kappa shape index (κ1) is 20.1. The lowest BCUT2D eigenvalue weighted by atomic mass is 9.95. The van der Waals surface area contributed by atoms with Gasteiger partial charge in [-0.3, -0.25) is 19.6 Å². The molecule has 0 fully saturated rings. The molecule has 0 amide bonds. The maximum Gasteiger partial charge on any atom is 0.260 e. The third-order valence-corrected chi connectivity index (χ3v) is 5.04. The molecule has 0 spiro atoms. The van der Waals surface area contributed by atoms with Crippen LogP contribution in [-0.4, -0.2) is 20.7 Å². The Morgan fingerprint density at radius 3 is 2.67 bits per heavy atom. The second kappa shape index (κ2) is 8.30. The minimum Gasteiger partial charge on any atom is -0.321 e. The molecule has 1 N–H and O–H groups in total. The molecular formula is C22H12BrClFN3O2. The van der Waals surface area contributed by atoms with Crippen molar-refractivity contribution in [1.29, 1.82) is 0 Å². The molecule has 0 aliphatic heterocycles. The van der Waals surface area contributed by atoms with E-state index in [1.807, 2.05) is 0 Å². The predicted octanol–water partition coefficient (Wildman–Crippen LogP) is 5.44. The highest BCUT2D eigenvalue weighted by Gasteiger charge is 2.20. The minimum absolute atomic E-state index is 0.0646. The fourth-order valence-electron chi connectivity index (χ4n) is 3.12. The topological polar surface area (TPSA) is 75.7 Å². The summed E-state index contributed by atoms with van der Waals surface area (Å²) in [6, 6.07) is 8.01. The van der Waals surface area contributed by atoms with Gasteiger partial charge in [0.2, 0.25) is 0 Å². The van der Waals surface area contributed by atoms with E-state index in [9.17, 15) is 14.0 Å². The van der Waals surface area contributed by atoms with Gasteiger partial charge in [0.25, 0.3) is 5.56 Å². The van der Waals surface area contributed by atoms with Crippen LogP contribution in [0.1, 0.15) is 15.9 Å². The first-order valence-electron chi connectivity index (χ1n) is 8.72. The lowest BCUT2D eigenvalue weighted by molar-refractivity contribution is 0.104. The van der Waals surface area contributed by atoms with Crippen molar-refractivity contribution in [3.05, 3.63) is 98.0 Å². The maximum atomic E-state index is 13.4. The molecule has 148 valence electrons. The zero-order chi connectivity index (χ0) is 21.3. The van der Waals surface area contributed by atoms with Crippen molar-refractivity contribution in [2.75, 3.05) is 0 Å². The van der Waals surface area contributed by atoms with E-state index in [-0.39, 0.29) is 5.56 Å². The summed E-state index contributed by atoms with van der Waals surface area (Å²) in [6.45, 7) is 0. The maximum absolute atomic E-state index is 13.4. The molecule has 0 unspecified atom stereocenters. The number of halogens is 3. The number of nitrogens with one attached hydrogen (secondary N) is 1. The van der Waals surface area contributed by atoms with Gasteiger partial charge in [-0.1, -0.05) is 11.6 Å². The molecule has 4 rings (SSSR count). The molecule has 0 saturated heterocycles. The van der Waals surface area contributed by atoms with Gasteiger partial charge in [0.15, 0.2) is 5.78 Å². The van der Waals surface area contributed by atoms with Gasteiger partial charge in [-0.25, -0.2) is 4.39 Å². The van der Waals surface area contributed by atoms with E-state index in [4.69, 9.17) is 11.6 Å². The molecule has 0 aliphatic carbocycles. The number of ketones is 1. The van der Waals surface area contributed by atoms with Crippen molar-refractivity contribution in [2.24, 2.45) is 0 Å². The van der Waals surface area contributed by atoms with E-state index in [1.165, 1.54) is 24.4 Å². The highest BCUT2D eigenvalue weighted by atomic mass is 79.9. The van der Waals surface area contributed by atoms with Crippen LogP contribution in [0.25, 0.3) is 28.1 Å². The van der Waals surface area contributed by atoms with Gasteiger partial charge in [0.05, 0.1) is 11.8 Å². The van der Waals surface area contributed by atoms with Crippen LogP contribution in [0, 0.1) is 5.82 Å². The number of allylic oxidation sites excluding steroid dienone is 1. The number of rotatable bonds is 4. The van der Waals surface area contributed by atoms with E-state index in [1.54, 1.807) is 36.7 Å². The molecule has 3 heterocycles. The van der Waals surface area contributed by atoms with Crippen LogP contribution in [-0.2, 0) is 0 Å². The summed E-state index contributed by atoms with van der Waals surface area (Å²) in [5, 5.41) is 1.06. The van der Waals surface area contributed by atoms with Crippen molar-refractivity contribution < 1.29 is 9.18 Å². The van der Waals surface area contributed by atoms with Crippen LogP contribution in [0.3, 0.4) is 0 Å². The van der Waals surface area contributed by atoms with Crippen LogP contribution in [0.4, 0.5) is 4.39 Å². The first-order valence-corrected chi connectivity index (χ1v) is 9.89. The Kier molecular flexibility index (Phi) is 5.57. The van der Waals surface area contributed by atoms with Gasteiger partial charge in [-0.05, 0) is 64.0 Å². The largest absolute Gasteiger partial charge is 0.321 e. The van der Waals surface area contributed by atoms with Crippen LogP contribution >= 0.6 is 27.5 Å². The van der Waals surface area contributed by atoms with Gasteiger partial charge in [0.1, 0.15) is 5.82 Å². The third kappa shape index (κ3) is 4.08. The second-order valence-electron chi connectivity index (χ2n) is 6.42. The predicted molar refractivity (Wildman–Crippen MR) is 118 cm³/mol. The number of H-pyrrole nitrogens is 1. The number of hydrogen-bond acceptors (Lipinski definition) is 4. The van der Waals surface area contributed by atoms with E-state index in [0.29, 0.717) is 37.1 Å². The summed E-state index contributed by atoms with van der Waals surface area (Å²) in [5.41, 5.74) is 1.31. The summed E-state index contributed by atoms with van der Waals surface area (Å²) in [5.74, 6) is -1.07. The average Bonchev–Trinajstić information content (AvgIpc) is 2.71. The molecule has 0 saturated carbocycles. The smallest absolute Gasteiger partial charge is 0.260 e. The average molecular weight is 485 g/mol. The molecule has 3 aromatic heterocycles. The Morgan fingerprint density at radius 2 is 1.90 bits per heavy atom. The molecule has 0 atom stereocenters. The molecule has 0 aliphatic rings. The Hall–Kier alpha value is -3.16. The summed E-state index contributed by atoms with van der Waals surface area (Å²) in [4.78, 5) is 36.5. The van der Waals surface area contributed by atoms with E-state index in [2.05, 4.69) is 30.9 Å². The van der Waals surface area contributed by atoms with Crippen LogP contribution < -0.4 is 5.56 Å². The number of nitrogens with zero attached hydrogens (tertiary/aromatic N) is 2. The lowest BCUT2D eigenvalue weighted by Crippen LogP contribution is -2.18. The van der Waals surface area contributed by atoms with Gasteiger partial charge < -0.3 is 4.98 Å². The third-order valence-electron chi connectivity index (χ3n) is 4.37. The van der Waals surface area contributed by atoms with Crippen LogP contribution in [0.5, 0.6) is 0 Å². The number of aromatic nitrogens is 3. The second-order valence-corrected chi connectivity index (χ2v) is 7.77. The standard InChI is InChI=1S/C22H12BrClFN3O2/c23-14-6-13(9-27-10-14)20-17-7-15(24)2-3-18(17)28-22(30)21(20)19(29)4-1-12-5-16(25)11-26-8-12/h1-11H,(H,28,30)/b4-1+. The normalized spacial score (nSPS) is 11.3. The van der Waals surface area contributed by atoms with Crippen molar-refractivity contribution in [3.8, 4) is 11.1 Å². The molecule has 5 nitrogen and oxygen atoms in total. The number of fused-ring (bicyclic) bond motifs is 1. The number of benzene rings is 1. The van der Waals surface area contributed by atoms with E-state index in [0.717, 1.165) is 6.20 Å². The first-order chi connectivity index (χ1) is 14.4. The SMILES string of the molecule is O=C(/C=C/c1cncc(F)c1)c1c(-c2cncc(Br)c2)c2cc(Cl)ccc2[nH]c1=O. The van der Waals surface area contributed by atoms with Gasteiger partial charge >= 0.3 is 0 Å². The van der Waals surface area contributed by atoms with E-state index < -0.39 is 17.2 Å². The van der Waals surface area contributed by atoms with Crippen LogP contribution in [0.15, 0.2) is 70.5 Å². The molecule has 0 bridgehead atoms. The molecular weight excluding hydrogens is 473 g/mol. The molecule has 4 aromatic rings. The minimum atomic E-state index is -0.549. The summed E-state index contributed by atoms with van der Waals surface area (Å²) >= 11 is 9.55. The molecule has 1 aromatic carbocycles. The van der Waals surface area contributed by atoms with Crippen LogP contribution in [0.2, 0.25) is 5.02 Å². The molecule has 0 radical (unpaired) electrons. The zero-order valence-corrected chi connectivity index (χ0v) is 17.5. The molecule has 30 heavy (non-hydrogen) atoms. The van der Waals surface area contributed by atoms with Crippen molar-refractivity contribution in [1.82, 2.24) is 15.0 Å². The van der Waals surface area contributed by atoms with Gasteiger partial charge in [-0.2, -0.15) is 0 Å². The number of carbonyl (C=O) groups is 1. The lowest BCUT2D eigenvalue weighted by Gasteiger charge is -2.12. The highest BCUT2D eigenvalue weighted by molar-refractivity contribution is 9.10. The van der Waals surface area contributed by atoms with Crippen molar-refractivity contribution in [2.45, 2.75) is 0 Å². The summed E-state index contributed by atoms with van der Waals surface area (Å²) < 4.78 is 14.0. The Labute approximate surface area is 183 Å². The Bertz CT molecular complexity index is 1380. The zero-order valence-electron chi connectivity index (χ0n) is 15.2. The number of hydrogen-bond donors (Lipinski definition) is 1. The van der Waals surface area contributed by atoms with Crippen molar-refractivity contribution >= 4 is 50.3 Å². The van der Waals surface area contributed by atoms with Crippen molar-refractivity contribution in [3.63, 3.8) is 0 Å². The number of pyridine rings is 3. The van der Waals surface area contributed by atoms with Gasteiger partial charge in [0, 0.05) is 50.1 Å². The highest BCUT2D eigenvalue weighted by Crippen LogP contribution is 2.32. The molecule has 8 heteroatoms. The fourth-order valence-corrected chi connectivity index (χ4v) is 3.66. The number of aromatic amines is 1. The summed E-state index contributed by atoms with van der Waals surface area (Å²) in [7, 11) is 0. The quantitative estimate of drug-likeness (QED) is 0.309. The Balaban J connectivity index is 1.94. The summed E-state index contributed by atoms with van der Waals surface area (Å²) in [6.07, 6.45) is 8.27. The fraction of sp³-hybridized carbons (Fsp3) is 0. The van der Waals surface area contributed by atoms with Gasteiger partial charge in [-0.15, -0.1) is 0 Å². The Morgan fingerprint density at radius 1 is 1.10 bits per heavy atom. The monoisotopic (exact) mass is 483 g/mol. The van der Waals surface area contributed by atoms with E-state index >= 15 is 0 Å². The number of carbonyl (C=O) groups excluding carboxylic acids is 1.